The van der Waals surface area contributed by atoms with Crippen molar-refractivity contribution in [3.05, 3.63) is 47.3 Å². The molecule has 0 radical (unpaired) electrons. The Bertz CT molecular complexity index is 1200. The van der Waals surface area contributed by atoms with Crippen LogP contribution in [0, 0.1) is 13.8 Å². The molecule has 4 N–H and O–H groups in total. The van der Waals surface area contributed by atoms with Crippen LogP contribution in [0.3, 0.4) is 0 Å². The molecule has 2 aromatic carbocycles. The van der Waals surface area contributed by atoms with Gasteiger partial charge in [-0.2, -0.15) is 0 Å². The first-order chi connectivity index (χ1) is 14.0. The third kappa shape index (κ3) is 3.68. The highest BCUT2D eigenvalue weighted by molar-refractivity contribution is 8.00. The molecule has 6 nitrogen and oxygen atoms in total. The molecule has 29 heavy (non-hydrogen) atoms. The minimum absolute atomic E-state index is 0.444. The number of hydrogen-bond donors (Lipinski definition) is 3. The fourth-order valence-corrected chi connectivity index (χ4v) is 4.54. The van der Waals surface area contributed by atoms with E-state index in [0.29, 0.717) is 17.2 Å². The van der Waals surface area contributed by atoms with Gasteiger partial charge in [-0.25, -0.2) is 0 Å². The quantitative estimate of drug-likeness (QED) is 0.208. The van der Waals surface area contributed by atoms with E-state index in [9.17, 15) is 4.79 Å². The molecular formula is C21H21ClN4O2S. The minimum atomic E-state index is -0.481. The summed E-state index contributed by atoms with van der Waals surface area (Å²) in [5, 5.41) is 5.99. The van der Waals surface area contributed by atoms with Crippen molar-refractivity contribution in [1.29, 1.82) is 0 Å². The maximum atomic E-state index is 12.2. The predicted molar refractivity (Wildman–Crippen MR) is 121 cm³/mol. The number of aromatic nitrogens is 2. The van der Waals surface area contributed by atoms with Gasteiger partial charge in [0.05, 0.1) is 16.8 Å². The lowest BCUT2D eigenvalue weighted by Crippen LogP contribution is -2.11. The third-order valence-electron chi connectivity index (χ3n) is 4.87. The van der Waals surface area contributed by atoms with Gasteiger partial charge in [0.2, 0.25) is 0 Å². The second-order valence-electron chi connectivity index (χ2n) is 6.89. The lowest BCUT2D eigenvalue weighted by Gasteiger charge is -2.06. The summed E-state index contributed by atoms with van der Waals surface area (Å²) in [6, 6.07) is 9.95. The molecule has 0 fully saturated rings. The molecule has 0 atom stereocenters. The van der Waals surface area contributed by atoms with E-state index in [1.807, 2.05) is 32.0 Å². The standard InChI is InChI=1S/C21H21ClN4O2S/c1-11-19(12(2)28-25-11)13-8-16-15-5-4-14(26-29-7-3-6-22)10-18(15)24-20(16)17(9-13)21(23)27/h4-5,8-10,24,26H,3,6-7H2,1-2H3,(H2,23,27). The van der Waals surface area contributed by atoms with Crippen LogP contribution in [-0.4, -0.2) is 27.7 Å². The van der Waals surface area contributed by atoms with Gasteiger partial charge in [0, 0.05) is 39.2 Å². The van der Waals surface area contributed by atoms with Gasteiger partial charge in [-0.05, 0) is 50.1 Å². The Morgan fingerprint density at radius 2 is 2.10 bits per heavy atom. The first-order valence-corrected chi connectivity index (χ1v) is 10.8. The highest BCUT2D eigenvalue weighted by Crippen LogP contribution is 2.36. The van der Waals surface area contributed by atoms with E-state index in [2.05, 4.69) is 20.9 Å². The number of anilines is 1. The van der Waals surface area contributed by atoms with Crippen molar-refractivity contribution >= 4 is 56.9 Å². The Morgan fingerprint density at radius 3 is 2.79 bits per heavy atom. The van der Waals surface area contributed by atoms with Crippen LogP contribution in [0.25, 0.3) is 32.9 Å². The molecule has 0 bridgehead atoms. The smallest absolute Gasteiger partial charge is 0.250 e. The van der Waals surface area contributed by atoms with Crippen LogP contribution < -0.4 is 10.5 Å². The number of nitrogens with zero attached hydrogens (tertiary/aromatic N) is 1. The van der Waals surface area contributed by atoms with Gasteiger partial charge in [0.1, 0.15) is 5.76 Å². The molecule has 4 rings (SSSR count). The highest BCUT2D eigenvalue weighted by atomic mass is 35.5. The van der Waals surface area contributed by atoms with Gasteiger partial charge < -0.3 is 20.0 Å². The molecule has 0 saturated carbocycles. The van der Waals surface area contributed by atoms with E-state index < -0.39 is 5.91 Å². The van der Waals surface area contributed by atoms with Gasteiger partial charge in [0.15, 0.2) is 0 Å². The molecule has 0 aliphatic carbocycles. The topological polar surface area (TPSA) is 96.9 Å². The average molecular weight is 429 g/mol. The van der Waals surface area contributed by atoms with Crippen LogP contribution in [0.4, 0.5) is 5.69 Å². The van der Waals surface area contributed by atoms with E-state index in [1.165, 1.54) is 0 Å². The lowest BCUT2D eigenvalue weighted by molar-refractivity contribution is 0.100. The fourth-order valence-electron chi connectivity index (χ4n) is 3.56. The largest absolute Gasteiger partial charge is 0.366 e. The number of benzene rings is 2. The van der Waals surface area contributed by atoms with E-state index >= 15 is 0 Å². The maximum absolute atomic E-state index is 12.2. The van der Waals surface area contributed by atoms with E-state index in [-0.39, 0.29) is 0 Å². The molecule has 0 spiro atoms. The molecule has 4 aromatic rings. The number of H-pyrrole nitrogens is 1. The number of alkyl halides is 1. The number of primary amides is 1. The Balaban J connectivity index is 1.84. The zero-order valence-corrected chi connectivity index (χ0v) is 17.7. The molecule has 1 amide bonds. The van der Waals surface area contributed by atoms with E-state index in [4.69, 9.17) is 21.9 Å². The van der Waals surface area contributed by atoms with Crippen LogP contribution in [0.1, 0.15) is 28.2 Å². The normalized spacial score (nSPS) is 11.4. The molecule has 150 valence electrons. The minimum Gasteiger partial charge on any atom is -0.366 e. The van der Waals surface area contributed by atoms with Crippen LogP contribution in [-0.2, 0) is 0 Å². The van der Waals surface area contributed by atoms with Crippen molar-refractivity contribution in [1.82, 2.24) is 10.1 Å². The van der Waals surface area contributed by atoms with Crippen LogP contribution in [0.5, 0.6) is 0 Å². The zero-order chi connectivity index (χ0) is 20.5. The molecule has 0 saturated heterocycles. The summed E-state index contributed by atoms with van der Waals surface area (Å²) >= 11 is 7.34. The summed E-state index contributed by atoms with van der Waals surface area (Å²) in [5.41, 5.74) is 11.3. The Hall–Kier alpha value is -2.64. The number of nitrogens with one attached hydrogen (secondary N) is 2. The Kier molecular flexibility index (Phi) is 5.43. The highest BCUT2D eigenvalue weighted by Gasteiger charge is 2.18. The predicted octanol–water partition coefficient (Wildman–Crippen LogP) is 5.38. The van der Waals surface area contributed by atoms with Crippen molar-refractivity contribution in [2.24, 2.45) is 5.73 Å². The van der Waals surface area contributed by atoms with Crippen molar-refractivity contribution in [2.45, 2.75) is 20.3 Å². The summed E-state index contributed by atoms with van der Waals surface area (Å²) in [4.78, 5) is 15.6. The number of nitrogens with two attached hydrogens (primary N) is 1. The monoisotopic (exact) mass is 428 g/mol. The summed E-state index contributed by atoms with van der Waals surface area (Å²) in [6.45, 7) is 3.74. The zero-order valence-electron chi connectivity index (χ0n) is 16.1. The molecule has 0 aliphatic rings. The van der Waals surface area contributed by atoms with E-state index in [1.54, 1.807) is 18.0 Å². The van der Waals surface area contributed by atoms with Gasteiger partial charge in [-0.15, -0.1) is 11.6 Å². The van der Waals surface area contributed by atoms with Crippen LogP contribution >= 0.6 is 23.5 Å². The lowest BCUT2D eigenvalue weighted by atomic mass is 9.98. The number of rotatable bonds is 7. The van der Waals surface area contributed by atoms with Gasteiger partial charge >= 0.3 is 0 Å². The number of aryl methyl sites for hydroxylation is 2. The molecule has 2 heterocycles. The number of carbonyl (C=O) groups is 1. The number of amides is 1. The summed E-state index contributed by atoms with van der Waals surface area (Å²) in [5.74, 6) is 1.81. The number of hydrogen-bond acceptors (Lipinski definition) is 5. The Morgan fingerprint density at radius 1 is 1.28 bits per heavy atom. The SMILES string of the molecule is Cc1noc(C)c1-c1cc(C(N)=O)c2[nH]c3cc(NSCCCCl)ccc3c2c1. The molecule has 0 aliphatic heterocycles. The molecular weight excluding hydrogens is 408 g/mol. The number of halogens is 1. The van der Waals surface area contributed by atoms with Gasteiger partial charge in [-0.1, -0.05) is 23.2 Å². The second-order valence-corrected chi connectivity index (χ2v) is 8.17. The van der Waals surface area contributed by atoms with Crippen molar-refractivity contribution in [3.63, 3.8) is 0 Å². The fraction of sp³-hybridized carbons (Fsp3) is 0.238. The van der Waals surface area contributed by atoms with Gasteiger partial charge in [-0.3, -0.25) is 4.79 Å². The first kappa shape index (κ1) is 19.7. The molecule has 0 unspecified atom stereocenters. The first-order valence-electron chi connectivity index (χ1n) is 9.26. The number of fused-ring (bicyclic) bond motifs is 3. The summed E-state index contributed by atoms with van der Waals surface area (Å²) < 4.78 is 8.64. The number of carbonyl (C=O) groups excluding carboxylic acids is 1. The maximum Gasteiger partial charge on any atom is 0.250 e. The van der Waals surface area contributed by atoms with E-state index in [0.717, 1.165) is 56.5 Å². The Labute approximate surface area is 177 Å². The van der Waals surface area contributed by atoms with Crippen molar-refractivity contribution < 1.29 is 9.32 Å². The third-order valence-corrected chi connectivity index (χ3v) is 6.01. The van der Waals surface area contributed by atoms with Crippen LogP contribution in [0.2, 0.25) is 0 Å². The number of aromatic amines is 1. The summed E-state index contributed by atoms with van der Waals surface area (Å²) in [7, 11) is 0. The molecule has 2 aromatic heterocycles. The second kappa shape index (κ2) is 8.00. The van der Waals surface area contributed by atoms with Crippen molar-refractivity contribution in [2.75, 3.05) is 16.4 Å². The van der Waals surface area contributed by atoms with Gasteiger partial charge in [0.25, 0.3) is 5.91 Å². The van der Waals surface area contributed by atoms with Crippen molar-refractivity contribution in [3.8, 4) is 11.1 Å². The molecule has 8 heteroatoms. The van der Waals surface area contributed by atoms with Crippen LogP contribution in [0.15, 0.2) is 34.9 Å². The average Bonchev–Trinajstić information content (AvgIpc) is 3.23. The summed E-state index contributed by atoms with van der Waals surface area (Å²) in [6.07, 6.45) is 0.945.